The van der Waals surface area contributed by atoms with Gasteiger partial charge in [0.1, 0.15) is 0 Å². The second kappa shape index (κ2) is 6.47. The molecule has 0 aliphatic heterocycles. The van der Waals surface area contributed by atoms with Gasteiger partial charge in [-0.2, -0.15) is 0 Å². The Morgan fingerprint density at radius 1 is 0.667 bits per heavy atom. The second-order valence-corrected chi connectivity index (χ2v) is 27.6. The molecular formula is C16H38GeSi. The van der Waals surface area contributed by atoms with E-state index in [1.807, 2.05) is 0 Å². The molecule has 0 saturated heterocycles. The third kappa shape index (κ3) is 3.08. The molecule has 0 aliphatic rings. The van der Waals surface area contributed by atoms with Crippen LogP contribution in [-0.4, -0.2) is 21.3 Å². The summed E-state index contributed by atoms with van der Waals surface area (Å²) in [5.74, 6) is 2.73. The number of hydrogen-bond acceptors (Lipinski definition) is 0. The standard InChI is InChI=1S/C16H38GeSi/c1-12(2)17(10,13(3)4)16(9)18(11,14(5)6)15(7)8/h12-16H,1-11H3/t16-/m1/s1. The zero-order valence-corrected chi connectivity index (χ0v) is 18.0. The quantitative estimate of drug-likeness (QED) is 0.474. The molecule has 18 heavy (non-hydrogen) atoms. The molecule has 0 aromatic carbocycles. The summed E-state index contributed by atoms with van der Waals surface area (Å²) in [6, 6.07) is 0. The molecule has 0 unspecified atom stereocenters. The van der Waals surface area contributed by atoms with E-state index in [4.69, 9.17) is 0 Å². The fourth-order valence-electron chi connectivity index (χ4n) is 4.00. The molecule has 0 fully saturated rings. The van der Waals surface area contributed by atoms with Crippen molar-refractivity contribution in [3.8, 4) is 0 Å². The van der Waals surface area contributed by atoms with Crippen LogP contribution in [0.15, 0.2) is 0 Å². The summed E-state index contributed by atoms with van der Waals surface area (Å²) in [6.45, 7) is 25.3. The topological polar surface area (TPSA) is 0 Å². The van der Waals surface area contributed by atoms with Crippen LogP contribution in [-0.2, 0) is 0 Å². The summed E-state index contributed by atoms with van der Waals surface area (Å²) in [5, 5.41) is 0. The van der Waals surface area contributed by atoms with Crippen LogP contribution in [0.3, 0.4) is 0 Å². The molecule has 0 aromatic rings. The van der Waals surface area contributed by atoms with Crippen LogP contribution in [0.2, 0.25) is 37.3 Å². The van der Waals surface area contributed by atoms with Gasteiger partial charge < -0.3 is 0 Å². The molecule has 0 rings (SSSR count). The first kappa shape index (κ1) is 18.8. The van der Waals surface area contributed by atoms with Crippen LogP contribution in [0.5, 0.6) is 0 Å². The van der Waals surface area contributed by atoms with Gasteiger partial charge in [0.25, 0.3) is 0 Å². The SMILES string of the molecule is CC(C)[Si](C)(C(C)C)[C@H](C)[Ge]([CH3])([CH](C)C)[CH](C)C. The van der Waals surface area contributed by atoms with Gasteiger partial charge in [-0.25, -0.2) is 0 Å². The second-order valence-electron chi connectivity index (χ2n) is 8.07. The molecule has 1 atom stereocenters. The van der Waals surface area contributed by atoms with Crippen molar-refractivity contribution in [1.29, 1.82) is 0 Å². The summed E-state index contributed by atoms with van der Waals surface area (Å²) < 4.78 is 2.95. The van der Waals surface area contributed by atoms with E-state index >= 15 is 0 Å². The van der Waals surface area contributed by atoms with Crippen molar-refractivity contribution in [3.63, 3.8) is 0 Å². The van der Waals surface area contributed by atoms with E-state index in [0.29, 0.717) is 0 Å². The Labute approximate surface area is 121 Å². The monoisotopic (exact) mass is 332 g/mol. The first-order valence-electron chi connectivity index (χ1n) is 7.93. The van der Waals surface area contributed by atoms with E-state index in [1.165, 1.54) is 0 Å². The van der Waals surface area contributed by atoms with Crippen molar-refractivity contribution in [3.05, 3.63) is 0 Å². The van der Waals surface area contributed by atoms with E-state index in [2.05, 4.69) is 74.6 Å². The molecule has 0 bridgehead atoms. The molecule has 110 valence electrons. The van der Waals surface area contributed by atoms with Crippen LogP contribution >= 0.6 is 0 Å². The van der Waals surface area contributed by atoms with Crippen LogP contribution < -0.4 is 0 Å². The molecule has 0 aromatic heterocycles. The normalized spacial score (nSPS) is 16.2. The van der Waals surface area contributed by atoms with Crippen LogP contribution in [0.1, 0.15) is 62.3 Å². The van der Waals surface area contributed by atoms with Crippen LogP contribution in [0.25, 0.3) is 0 Å². The Kier molecular flexibility index (Phi) is 6.75. The first-order valence-corrected chi connectivity index (χ1v) is 16.4. The molecule has 2 heteroatoms. The Bertz CT molecular complexity index is 214. The van der Waals surface area contributed by atoms with Gasteiger partial charge in [-0.1, -0.05) is 0 Å². The van der Waals surface area contributed by atoms with Gasteiger partial charge in [0.15, 0.2) is 0 Å². The van der Waals surface area contributed by atoms with E-state index in [-0.39, 0.29) is 0 Å². The van der Waals surface area contributed by atoms with E-state index in [0.717, 1.165) is 25.0 Å². The zero-order valence-electron chi connectivity index (χ0n) is 14.9. The number of rotatable bonds is 6. The predicted octanol–water partition coefficient (Wildman–Crippen LogP) is 6.71. The minimum absolute atomic E-state index is 0.912. The average molecular weight is 331 g/mol. The van der Waals surface area contributed by atoms with Gasteiger partial charge in [0.2, 0.25) is 0 Å². The van der Waals surface area contributed by atoms with Crippen LogP contribution in [0.4, 0.5) is 0 Å². The molecule has 0 radical (unpaired) electrons. The zero-order chi connectivity index (χ0) is 14.9. The number of hydrogen-bond donors (Lipinski definition) is 0. The average Bonchev–Trinajstić information content (AvgIpc) is 2.24. The predicted molar refractivity (Wildman–Crippen MR) is 93.1 cm³/mol. The van der Waals surface area contributed by atoms with E-state index in [9.17, 15) is 0 Å². The molecule has 0 amide bonds. The fraction of sp³-hybridized carbons (Fsp3) is 1.00. The first-order chi connectivity index (χ1) is 7.93. The maximum atomic E-state index is 2.73. The summed E-state index contributed by atoms with van der Waals surface area (Å²) >= 11 is -1.79. The molecule has 0 heterocycles. The van der Waals surface area contributed by atoms with E-state index < -0.39 is 21.3 Å². The van der Waals surface area contributed by atoms with Crippen molar-refractivity contribution < 1.29 is 0 Å². The van der Waals surface area contributed by atoms with E-state index in [1.54, 1.807) is 0 Å². The van der Waals surface area contributed by atoms with Crippen LogP contribution in [0, 0.1) is 0 Å². The third-order valence-corrected chi connectivity index (χ3v) is 35.2. The van der Waals surface area contributed by atoms with Crippen molar-refractivity contribution in [1.82, 2.24) is 0 Å². The molecular weight excluding hydrogens is 293 g/mol. The summed E-state index contributed by atoms with van der Waals surface area (Å²) in [7, 11) is -1.19. The van der Waals surface area contributed by atoms with Crippen molar-refractivity contribution >= 4 is 21.3 Å². The Morgan fingerprint density at radius 2 is 0.944 bits per heavy atom. The molecule has 0 spiro atoms. The molecule has 0 N–H and O–H groups in total. The summed E-state index contributed by atoms with van der Waals surface area (Å²) in [6.07, 6.45) is 0. The van der Waals surface area contributed by atoms with Gasteiger partial charge in [-0.05, 0) is 0 Å². The molecule has 0 saturated carbocycles. The van der Waals surface area contributed by atoms with Crippen molar-refractivity contribution in [2.75, 3.05) is 0 Å². The minimum atomic E-state index is -1.79. The van der Waals surface area contributed by atoms with Gasteiger partial charge in [0, 0.05) is 0 Å². The fourth-order valence-corrected chi connectivity index (χ4v) is 31.8. The van der Waals surface area contributed by atoms with Gasteiger partial charge in [0.05, 0.1) is 0 Å². The third-order valence-electron chi connectivity index (χ3n) is 6.84. The summed E-state index contributed by atoms with van der Waals surface area (Å²) in [5.41, 5.74) is 1.82. The Hall–Kier alpha value is 0.760. The van der Waals surface area contributed by atoms with Crippen molar-refractivity contribution in [2.45, 2.75) is 99.6 Å². The van der Waals surface area contributed by atoms with Gasteiger partial charge in [-0.15, -0.1) is 0 Å². The van der Waals surface area contributed by atoms with Gasteiger partial charge >= 0.3 is 121 Å². The molecule has 0 nitrogen and oxygen atoms in total. The Morgan fingerprint density at radius 3 is 1.11 bits per heavy atom. The van der Waals surface area contributed by atoms with Crippen molar-refractivity contribution in [2.24, 2.45) is 0 Å². The molecule has 0 aliphatic carbocycles. The van der Waals surface area contributed by atoms with Gasteiger partial charge in [-0.3, -0.25) is 0 Å². The summed E-state index contributed by atoms with van der Waals surface area (Å²) in [4.78, 5) is 0. The Balaban J connectivity index is 5.63. The maximum absolute atomic E-state index is 2.73.